The largest absolute Gasteiger partial charge is 0.493 e. The summed E-state index contributed by atoms with van der Waals surface area (Å²) in [5.41, 5.74) is 2.52. The van der Waals surface area contributed by atoms with Crippen LogP contribution in [-0.2, 0) is 17.8 Å². The van der Waals surface area contributed by atoms with Crippen LogP contribution in [0.3, 0.4) is 0 Å². The van der Waals surface area contributed by atoms with Gasteiger partial charge in [0.25, 0.3) is 0 Å². The van der Waals surface area contributed by atoms with Crippen LogP contribution in [0.15, 0.2) is 36.7 Å². The standard InChI is InChI=1S/C24H28ClFN4O3/c1-31-23-13-21-18(12-24(23)33-8-2-5-30-6-9-32-10-7-30)22(29-16-28-21)15-27-14-17-3-4-20(26)19(25)11-17/h3-4,11-13,16,27H,2,5-10,14-15H2,1H3. The summed E-state index contributed by atoms with van der Waals surface area (Å²) in [6.07, 6.45) is 2.46. The third kappa shape index (κ3) is 6.29. The van der Waals surface area contributed by atoms with Gasteiger partial charge in [0.05, 0.1) is 43.2 Å². The highest BCUT2D eigenvalue weighted by Crippen LogP contribution is 2.32. The van der Waals surface area contributed by atoms with Crippen LogP contribution in [0.1, 0.15) is 17.7 Å². The summed E-state index contributed by atoms with van der Waals surface area (Å²) < 4.78 is 30.4. The zero-order valence-electron chi connectivity index (χ0n) is 18.7. The van der Waals surface area contributed by atoms with E-state index in [1.807, 2.05) is 12.1 Å². The van der Waals surface area contributed by atoms with Crippen LogP contribution >= 0.6 is 11.6 Å². The summed E-state index contributed by atoms with van der Waals surface area (Å²) in [5, 5.41) is 4.34. The van der Waals surface area contributed by atoms with Gasteiger partial charge in [0.15, 0.2) is 11.5 Å². The van der Waals surface area contributed by atoms with E-state index in [1.165, 1.54) is 12.4 Å². The molecule has 0 bridgehead atoms. The zero-order chi connectivity index (χ0) is 23.0. The molecule has 1 saturated heterocycles. The van der Waals surface area contributed by atoms with Gasteiger partial charge in [0, 0.05) is 44.2 Å². The SMILES string of the molecule is COc1cc2ncnc(CNCc3ccc(F)c(Cl)c3)c2cc1OCCCN1CCOCC1. The third-order valence-electron chi connectivity index (χ3n) is 5.59. The van der Waals surface area contributed by atoms with Gasteiger partial charge in [-0.15, -0.1) is 0 Å². The molecule has 0 amide bonds. The number of nitrogens with one attached hydrogen (secondary N) is 1. The summed E-state index contributed by atoms with van der Waals surface area (Å²) in [6.45, 7) is 6.14. The number of ether oxygens (including phenoxy) is 3. The molecule has 1 N–H and O–H groups in total. The summed E-state index contributed by atoms with van der Waals surface area (Å²) in [5.74, 6) is 0.898. The van der Waals surface area contributed by atoms with E-state index < -0.39 is 5.82 Å². The molecule has 1 aromatic heterocycles. The minimum atomic E-state index is -0.423. The highest BCUT2D eigenvalue weighted by Gasteiger charge is 2.13. The quantitative estimate of drug-likeness (QED) is 0.448. The fourth-order valence-electron chi connectivity index (χ4n) is 3.80. The van der Waals surface area contributed by atoms with Gasteiger partial charge in [0.2, 0.25) is 0 Å². The van der Waals surface area contributed by atoms with Crippen molar-refractivity contribution in [2.45, 2.75) is 19.5 Å². The monoisotopic (exact) mass is 474 g/mol. The molecule has 2 heterocycles. The molecular weight excluding hydrogens is 447 g/mol. The first kappa shape index (κ1) is 23.6. The fraction of sp³-hybridized carbons (Fsp3) is 0.417. The first-order chi connectivity index (χ1) is 16.1. The molecule has 176 valence electrons. The lowest BCUT2D eigenvalue weighted by Crippen LogP contribution is -2.37. The van der Waals surface area contributed by atoms with Gasteiger partial charge >= 0.3 is 0 Å². The summed E-state index contributed by atoms with van der Waals surface area (Å²) in [6, 6.07) is 8.51. The minimum absolute atomic E-state index is 0.115. The van der Waals surface area contributed by atoms with E-state index in [9.17, 15) is 4.39 Å². The van der Waals surface area contributed by atoms with Gasteiger partial charge in [-0.05, 0) is 30.2 Å². The molecule has 2 aromatic carbocycles. The number of hydrogen-bond acceptors (Lipinski definition) is 7. The van der Waals surface area contributed by atoms with Gasteiger partial charge in [0.1, 0.15) is 12.1 Å². The van der Waals surface area contributed by atoms with Gasteiger partial charge in [-0.2, -0.15) is 0 Å². The fourth-order valence-corrected chi connectivity index (χ4v) is 4.00. The summed E-state index contributed by atoms with van der Waals surface area (Å²) in [7, 11) is 1.62. The van der Waals surface area contributed by atoms with Crippen LogP contribution in [0.5, 0.6) is 11.5 Å². The molecule has 1 aliphatic heterocycles. The molecule has 7 nitrogen and oxygen atoms in total. The van der Waals surface area contributed by atoms with E-state index in [2.05, 4.69) is 20.2 Å². The second-order valence-electron chi connectivity index (χ2n) is 7.85. The van der Waals surface area contributed by atoms with E-state index in [1.54, 1.807) is 19.2 Å². The number of halogens is 2. The predicted octanol–water partition coefficient (Wildman–Crippen LogP) is 3.82. The predicted molar refractivity (Wildman–Crippen MR) is 125 cm³/mol. The lowest BCUT2D eigenvalue weighted by Gasteiger charge is -2.26. The summed E-state index contributed by atoms with van der Waals surface area (Å²) >= 11 is 5.87. The molecule has 0 atom stereocenters. The topological polar surface area (TPSA) is 68.7 Å². The molecular formula is C24H28ClFN4O3. The molecule has 0 unspecified atom stereocenters. The van der Waals surface area contributed by atoms with Crippen LogP contribution in [0, 0.1) is 5.82 Å². The van der Waals surface area contributed by atoms with Crippen molar-refractivity contribution in [2.24, 2.45) is 0 Å². The number of rotatable bonds is 10. The van der Waals surface area contributed by atoms with Crippen molar-refractivity contribution in [1.82, 2.24) is 20.2 Å². The molecule has 0 spiro atoms. The highest BCUT2D eigenvalue weighted by molar-refractivity contribution is 6.30. The molecule has 1 aliphatic rings. The smallest absolute Gasteiger partial charge is 0.162 e. The molecule has 0 aliphatic carbocycles. The van der Waals surface area contributed by atoms with Crippen molar-refractivity contribution < 1.29 is 18.6 Å². The Morgan fingerprint density at radius 1 is 1.12 bits per heavy atom. The van der Waals surface area contributed by atoms with E-state index in [4.69, 9.17) is 25.8 Å². The average Bonchev–Trinajstić information content (AvgIpc) is 2.84. The Hall–Kier alpha value is -2.52. The van der Waals surface area contributed by atoms with Gasteiger partial charge in [-0.3, -0.25) is 4.90 Å². The van der Waals surface area contributed by atoms with Crippen molar-refractivity contribution in [2.75, 3.05) is 46.6 Å². The van der Waals surface area contributed by atoms with Crippen LogP contribution in [0.2, 0.25) is 5.02 Å². The Labute approximate surface area is 197 Å². The Morgan fingerprint density at radius 2 is 1.97 bits per heavy atom. The molecule has 3 aromatic rings. The molecule has 33 heavy (non-hydrogen) atoms. The van der Waals surface area contributed by atoms with Gasteiger partial charge in [-0.1, -0.05) is 17.7 Å². The van der Waals surface area contributed by atoms with Crippen LogP contribution in [-0.4, -0.2) is 61.4 Å². The van der Waals surface area contributed by atoms with Crippen molar-refractivity contribution in [1.29, 1.82) is 0 Å². The lowest BCUT2D eigenvalue weighted by molar-refractivity contribution is 0.0357. The Kier molecular flexibility index (Phi) is 8.28. The summed E-state index contributed by atoms with van der Waals surface area (Å²) in [4.78, 5) is 11.2. The normalized spacial score (nSPS) is 14.5. The number of nitrogens with zero attached hydrogens (tertiary/aromatic N) is 3. The maximum atomic E-state index is 13.4. The maximum absolute atomic E-state index is 13.4. The first-order valence-electron chi connectivity index (χ1n) is 11.0. The molecule has 4 rings (SSSR count). The average molecular weight is 475 g/mol. The van der Waals surface area contributed by atoms with Gasteiger partial charge < -0.3 is 19.5 Å². The Bertz CT molecular complexity index is 1080. The minimum Gasteiger partial charge on any atom is -0.493 e. The zero-order valence-corrected chi connectivity index (χ0v) is 19.4. The van der Waals surface area contributed by atoms with Gasteiger partial charge in [-0.25, -0.2) is 14.4 Å². The number of benzene rings is 2. The Balaban J connectivity index is 1.40. The number of fused-ring (bicyclic) bond motifs is 1. The third-order valence-corrected chi connectivity index (χ3v) is 5.88. The first-order valence-corrected chi connectivity index (χ1v) is 11.4. The molecule has 0 saturated carbocycles. The molecule has 9 heteroatoms. The van der Waals surface area contributed by atoms with Crippen LogP contribution in [0.4, 0.5) is 4.39 Å². The van der Waals surface area contributed by atoms with E-state index in [0.717, 1.165) is 61.4 Å². The molecule has 0 radical (unpaired) electrons. The Morgan fingerprint density at radius 3 is 2.76 bits per heavy atom. The van der Waals surface area contributed by atoms with Crippen LogP contribution in [0.25, 0.3) is 10.9 Å². The van der Waals surface area contributed by atoms with Crippen molar-refractivity contribution >= 4 is 22.5 Å². The highest BCUT2D eigenvalue weighted by atomic mass is 35.5. The second-order valence-corrected chi connectivity index (χ2v) is 8.26. The second kappa shape index (κ2) is 11.6. The lowest BCUT2D eigenvalue weighted by atomic mass is 10.1. The van der Waals surface area contributed by atoms with E-state index in [0.29, 0.717) is 31.2 Å². The van der Waals surface area contributed by atoms with E-state index in [-0.39, 0.29) is 5.02 Å². The van der Waals surface area contributed by atoms with Crippen LogP contribution < -0.4 is 14.8 Å². The van der Waals surface area contributed by atoms with Crippen molar-refractivity contribution in [3.8, 4) is 11.5 Å². The number of methoxy groups -OCH3 is 1. The number of aromatic nitrogens is 2. The van der Waals surface area contributed by atoms with Crippen molar-refractivity contribution in [3.05, 3.63) is 58.8 Å². The number of morpholine rings is 1. The van der Waals surface area contributed by atoms with Crippen molar-refractivity contribution in [3.63, 3.8) is 0 Å². The maximum Gasteiger partial charge on any atom is 0.162 e. The van der Waals surface area contributed by atoms with E-state index >= 15 is 0 Å². The molecule has 1 fully saturated rings. The number of hydrogen-bond donors (Lipinski definition) is 1.